The van der Waals surface area contributed by atoms with Gasteiger partial charge in [0, 0.05) is 44.6 Å². The smallest absolute Gasteiger partial charge is 0.269 e. The number of hydrogen-bond donors (Lipinski definition) is 0. The van der Waals surface area contributed by atoms with E-state index in [1.807, 2.05) is 6.20 Å². The van der Waals surface area contributed by atoms with Crippen molar-refractivity contribution < 1.29 is 9.30 Å². The van der Waals surface area contributed by atoms with E-state index in [0.717, 1.165) is 79.5 Å². The van der Waals surface area contributed by atoms with E-state index in [4.69, 9.17) is 9.72 Å². The first-order chi connectivity index (χ1) is 47.2. The SMILES string of the molecule is CC(C)(C)c1ccnc(-n2c3cc(Oc4cccc(-n5[c-][n+](-c6c(-c7ccc8c(c7)C(C)(C)CCC8(C)C)cccc6-c6ccc7c(c6)C(C)(C)CCC7(C)C)c6ccccc65)c4)ccc3c3cc4c(cc32)c2ccccc2c2ccccc2c2cccc3c5ccccc5n4c23)c1. The number of fused-ring (bicyclic) bond motifs is 16. The third-order valence-electron chi connectivity index (χ3n) is 22.8. The Balaban J connectivity index is 0.826. The maximum absolute atomic E-state index is 7.19. The Hall–Kier alpha value is -10.6. The molecule has 16 aromatic rings. The summed E-state index contributed by atoms with van der Waals surface area (Å²) in [5.74, 6) is 2.29. The molecule has 0 amide bonds. The minimum atomic E-state index is -0.121. The molecule has 0 aliphatic heterocycles. The summed E-state index contributed by atoms with van der Waals surface area (Å²) in [6.45, 7) is 26.2. The van der Waals surface area contributed by atoms with Gasteiger partial charge in [-0.25, -0.2) is 4.98 Å². The van der Waals surface area contributed by atoms with E-state index < -0.39 is 0 Å². The predicted octanol–water partition coefficient (Wildman–Crippen LogP) is 23.9. The lowest BCUT2D eigenvalue weighted by molar-refractivity contribution is -0.571. The molecule has 0 fully saturated rings. The minimum Gasteiger partial charge on any atom is -0.458 e. The highest BCUT2D eigenvalue weighted by Crippen LogP contribution is 2.51. The number of pyridine rings is 1. The summed E-state index contributed by atoms with van der Waals surface area (Å²) in [6, 6.07) is 88.4. The quantitative estimate of drug-likeness (QED) is 0.118. The van der Waals surface area contributed by atoms with Gasteiger partial charge < -0.3 is 9.14 Å². The Kier molecular flexibility index (Phi) is 13.1. The standard InChI is InChI=1S/C92H81N5O/c1-88(2,3)59-43-48-93-85(51-59)96-82-53-62(39-40-70(82)74-55-84-73(54-83(74)96)68-28-15-13-26-66(68)65-25-12-14-27-67(65)71-32-22-33-72-69-29-16-17-34-79(69)97(84)87(71)72)98-61-24-20-23-60(52-61)94-56-95(81-36-19-18-35-80(81)94)86-63(57-37-41-75-77(49-57)91(8,9)46-44-89(75,4)5)30-21-31-64(86)58-38-42-76-78(50-58)92(10,11)47-45-90(76,6)7/h12-43,48-55H,44-47H2,1-11H3. The topological polar surface area (TPSA) is 40.3 Å². The lowest BCUT2D eigenvalue weighted by Gasteiger charge is -2.42. The van der Waals surface area contributed by atoms with E-state index in [1.165, 1.54) is 112 Å². The van der Waals surface area contributed by atoms with Gasteiger partial charge in [0.05, 0.1) is 50.0 Å². The second kappa shape index (κ2) is 21.5. The molecule has 5 heterocycles. The van der Waals surface area contributed by atoms with E-state index >= 15 is 0 Å². The number of aromatic nitrogens is 5. The molecule has 6 heteroatoms. The van der Waals surface area contributed by atoms with Crippen LogP contribution < -0.4 is 9.30 Å². The van der Waals surface area contributed by atoms with Gasteiger partial charge in [-0.2, -0.15) is 0 Å². The molecule has 5 aromatic heterocycles. The summed E-state index contributed by atoms with van der Waals surface area (Å²) < 4.78 is 16.7. The van der Waals surface area contributed by atoms with Crippen LogP contribution in [0.5, 0.6) is 11.5 Å². The van der Waals surface area contributed by atoms with Gasteiger partial charge in [-0.3, -0.25) is 13.7 Å². The number of para-hydroxylation sites is 5. The van der Waals surface area contributed by atoms with Gasteiger partial charge in [0.2, 0.25) is 0 Å². The molecule has 0 spiro atoms. The Bertz CT molecular complexity index is 5990. The molecular weight excluding hydrogens is 1190 g/mol. The number of benzene rings is 11. The Labute approximate surface area is 573 Å². The molecule has 0 saturated heterocycles. The van der Waals surface area contributed by atoms with Crippen molar-refractivity contribution in [2.75, 3.05) is 0 Å². The second-order valence-corrected chi connectivity index (χ2v) is 31.8. The van der Waals surface area contributed by atoms with Crippen LogP contribution >= 0.6 is 0 Å². The van der Waals surface area contributed by atoms with Gasteiger partial charge in [0.15, 0.2) is 0 Å². The first-order valence-corrected chi connectivity index (χ1v) is 35.2. The number of ether oxygens (including phenoxy) is 1. The zero-order valence-electron chi connectivity index (χ0n) is 58.1. The van der Waals surface area contributed by atoms with E-state index in [-0.39, 0.29) is 27.1 Å². The van der Waals surface area contributed by atoms with Crippen molar-refractivity contribution in [3.8, 4) is 50.9 Å². The summed E-state index contributed by atoms with van der Waals surface area (Å²) in [4.78, 5) is 5.24. The number of nitrogens with zero attached hydrogens (tertiary/aromatic N) is 5. The lowest BCUT2D eigenvalue weighted by Crippen LogP contribution is -2.34. The molecule has 0 radical (unpaired) electrons. The molecule has 0 unspecified atom stereocenters. The second-order valence-electron chi connectivity index (χ2n) is 31.8. The molecule has 0 N–H and O–H groups in total. The van der Waals surface area contributed by atoms with Crippen LogP contribution in [0.2, 0.25) is 0 Å². The summed E-state index contributed by atoms with van der Waals surface area (Å²) in [6.07, 6.45) is 10.6. The van der Waals surface area contributed by atoms with Crippen LogP contribution in [0.4, 0.5) is 0 Å². The van der Waals surface area contributed by atoms with Gasteiger partial charge in [0.1, 0.15) is 17.3 Å². The highest BCUT2D eigenvalue weighted by molar-refractivity contribution is 6.27. The highest BCUT2D eigenvalue weighted by Gasteiger charge is 2.39. The van der Waals surface area contributed by atoms with E-state index in [9.17, 15) is 0 Å². The molecule has 18 rings (SSSR count). The summed E-state index contributed by atoms with van der Waals surface area (Å²) in [7, 11) is 0. The molecule has 0 bridgehead atoms. The van der Waals surface area contributed by atoms with Crippen molar-refractivity contribution in [1.82, 2.24) is 18.5 Å². The normalized spacial score (nSPS) is 15.7. The average Bonchev–Trinajstić information content (AvgIpc) is 1.54. The monoisotopic (exact) mass is 1270 g/mol. The Morgan fingerprint density at radius 2 is 0.888 bits per heavy atom. The number of hydrogen-bond acceptors (Lipinski definition) is 2. The zero-order valence-corrected chi connectivity index (χ0v) is 58.1. The van der Waals surface area contributed by atoms with Gasteiger partial charge in [-0.05, 0) is 185 Å². The largest absolute Gasteiger partial charge is 0.458 e. The van der Waals surface area contributed by atoms with Gasteiger partial charge in [-0.1, -0.05) is 246 Å². The van der Waals surface area contributed by atoms with Crippen LogP contribution in [0.15, 0.2) is 243 Å². The predicted molar refractivity (Wildman–Crippen MR) is 410 cm³/mol. The Morgan fingerprint density at radius 1 is 0.398 bits per heavy atom. The number of imidazole rings is 1. The molecule has 11 aromatic carbocycles. The first-order valence-electron chi connectivity index (χ1n) is 35.2. The van der Waals surface area contributed by atoms with Crippen molar-refractivity contribution in [2.45, 2.75) is 129 Å². The fourth-order valence-electron chi connectivity index (χ4n) is 17.1. The van der Waals surface area contributed by atoms with Crippen LogP contribution in [-0.4, -0.2) is 18.5 Å². The average molecular weight is 1270 g/mol. The fraction of sp³-hybridized carbons (Fsp3) is 0.217. The lowest BCUT2D eigenvalue weighted by atomic mass is 9.62. The zero-order chi connectivity index (χ0) is 66.9. The summed E-state index contributed by atoms with van der Waals surface area (Å²) in [5, 5.41) is 11.8. The van der Waals surface area contributed by atoms with Crippen molar-refractivity contribution in [3.63, 3.8) is 0 Å². The van der Waals surface area contributed by atoms with Gasteiger partial charge >= 0.3 is 0 Å². The molecule has 2 aliphatic rings. The maximum atomic E-state index is 7.19. The Morgan fingerprint density at radius 3 is 1.53 bits per heavy atom. The van der Waals surface area contributed by atoms with Crippen molar-refractivity contribution in [2.24, 2.45) is 0 Å². The molecular formula is C92H81N5O. The van der Waals surface area contributed by atoms with Crippen LogP contribution in [0, 0.1) is 6.33 Å². The van der Waals surface area contributed by atoms with E-state index in [0.29, 0.717) is 5.75 Å². The maximum Gasteiger partial charge on any atom is 0.269 e. The highest BCUT2D eigenvalue weighted by atomic mass is 16.5. The van der Waals surface area contributed by atoms with Crippen LogP contribution in [-0.2, 0) is 27.1 Å². The van der Waals surface area contributed by atoms with Crippen LogP contribution in [0.3, 0.4) is 0 Å². The first kappa shape index (κ1) is 59.9. The molecule has 480 valence electrons. The number of rotatable bonds is 7. The van der Waals surface area contributed by atoms with Crippen molar-refractivity contribution in [1.29, 1.82) is 0 Å². The van der Waals surface area contributed by atoms with Gasteiger partial charge in [0.25, 0.3) is 6.33 Å². The molecule has 6 nitrogen and oxygen atoms in total. The minimum absolute atomic E-state index is 0.0398. The van der Waals surface area contributed by atoms with E-state index in [2.05, 4.69) is 337 Å². The van der Waals surface area contributed by atoms with Crippen LogP contribution in [0.25, 0.3) is 132 Å². The molecule has 0 saturated carbocycles. The summed E-state index contributed by atoms with van der Waals surface area (Å²) in [5.41, 5.74) is 21.6. The van der Waals surface area contributed by atoms with Crippen molar-refractivity contribution in [3.05, 3.63) is 277 Å². The molecule has 98 heavy (non-hydrogen) atoms. The fourth-order valence-corrected chi connectivity index (χ4v) is 17.1. The molecule has 2 aliphatic carbocycles. The van der Waals surface area contributed by atoms with Crippen molar-refractivity contribution >= 4 is 92.5 Å². The third kappa shape index (κ3) is 9.26. The van der Waals surface area contributed by atoms with Crippen LogP contribution in [0.1, 0.15) is 130 Å². The van der Waals surface area contributed by atoms with Gasteiger partial charge in [-0.15, -0.1) is 0 Å². The third-order valence-corrected chi connectivity index (χ3v) is 22.8. The summed E-state index contributed by atoms with van der Waals surface area (Å²) >= 11 is 0. The van der Waals surface area contributed by atoms with E-state index in [1.54, 1.807) is 0 Å². The molecule has 0 atom stereocenters.